The summed E-state index contributed by atoms with van der Waals surface area (Å²) < 4.78 is 3.09. The van der Waals surface area contributed by atoms with Crippen LogP contribution in [0.2, 0.25) is 0 Å². The minimum absolute atomic E-state index is 0.0212. The van der Waals surface area contributed by atoms with Crippen LogP contribution in [0.5, 0.6) is 0 Å². The Hall–Kier alpha value is -3.95. The summed E-state index contributed by atoms with van der Waals surface area (Å²) in [4.78, 5) is 42.3. The molecule has 1 aliphatic heterocycles. The molecule has 2 aromatic heterocycles. The number of carbonyl (C=O) groups is 2. The fraction of sp³-hybridized carbons (Fsp3) is 0.318. The lowest BCUT2D eigenvalue weighted by atomic mass is 10.0. The molecular weight excluding hydrogens is 410 g/mol. The van der Waals surface area contributed by atoms with Crippen molar-refractivity contribution in [1.29, 1.82) is 0 Å². The normalized spacial score (nSPS) is 14.2. The van der Waals surface area contributed by atoms with Gasteiger partial charge >= 0.3 is 11.7 Å². The molecule has 10 nitrogen and oxygen atoms in total. The minimum Gasteiger partial charge on any atom is -0.349 e. The molecule has 0 aliphatic carbocycles. The lowest BCUT2D eigenvalue weighted by Gasteiger charge is -2.32. The van der Waals surface area contributed by atoms with Gasteiger partial charge in [0.15, 0.2) is 0 Å². The van der Waals surface area contributed by atoms with E-state index in [0.717, 1.165) is 5.56 Å². The number of aryl methyl sites for hydroxylation is 1. The molecule has 0 atom stereocenters. The predicted molar refractivity (Wildman–Crippen MR) is 118 cm³/mol. The van der Waals surface area contributed by atoms with Crippen molar-refractivity contribution >= 4 is 17.6 Å². The van der Waals surface area contributed by atoms with E-state index >= 15 is 0 Å². The highest BCUT2D eigenvalue weighted by Gasteiger charge is 2.24. The molecule has 1 fully saturated rings. The Balaban J connectivity index is 1.29. The topological polar surface area (TPSA) is 114 Å². The van der Waals surface area contributed by atoms with Gasteiger partial charge in [0.05, 0.1) is 18.3 Å². The smallest absolute Gasteiger partial charge is 0.347 e. The number of benzene rings is 1. The molecule has 0 unspecified atom stereocenters. The second-order valence-electron chi connectivity index (χ2n) is 7.80. The van der Waals surface area contributed by atoms with Gasteiger partial charge in [0.1, 0.15) is 0 Å². The SMILES string of the molecule is Cn1cc(C(=O)NC2CCN(C(=O)Nc3cccc(Cn4cccnc4=O)c3)CC2)cn1. The first-order valence-corrected chi connectivity index (χ1v) is 10.4. The van der Waals surface area contributed by atoms with Crippen molar-refractivity contribution in [2.45, 2.75) is 25.4 Å². The number of hydrogen-bond acceptors (Lipinski definition) is 5. The van der Waals surface area contributed by atoms with Gasteiger partial charge in [-0.15, -0.1) is 0 Å². The van der Waals surface area contributed by atoms with Crippen molar-refractivity contribution in [3.8, 4) is 0 Å². The average molecular weight is 435 g/mol. The molecule has 0 spiro atoms. The molecule has 1 aliphatic rings. The summed E-state index contributed by atoms with van der Waals surface area (Å²) in [5, 5.41) is 9.95. The van der Waals surface area contributed by atoms with Crippen LogP contribution in [0.1, 0.15) is 28.8 Å². The zero-order valence-corrected chi connectivity index (χ0v) is 17.8. The van der Waals surface area contributed by atoms with Gasteiger partial charge in [-0.05, 0) is 36.6 Å². The van der Waals surface area contributed by atoms with Crippen molar-refractivity contribution < 1.29 is 9.59 Å². The zero-order chi connectivity index (χ0) is 22.5. The summed E-state index contributed by atoms with van der Waals surface area (Å²) in [5.41, 5.74) is 1.76. The molecule has 32 heavy (non-hydrogen) atoms. The Morgan fingerprint density at radius 1 is 1.19 bits per heavy atom. The molecule has 3 aromatic rings. The van der Waals surface area contributed by atoms with Crippen molar-refractivity contribution in [3.05, 3.63) is 76.7 Å². The molecule has 166 valence electrons. The summed E-state index contributed by atoms with van der Waals surface area (Å²) in [5.74, 6) is -0.148. The van der Waals surface area contributed by atoms with Crippen LogP contribution in [-0.4, -0.2) is 55.3 Å². The molecule has 3 heterocycles. The van der Waals surface area contributed by atoms with Crippen molar-refractivity contribution in [2.75, 3.05) is 18.4 Å². The summed E-state index contributed by atoms with van der Waals surface area (Å²) in [6, 6.07) is 8.94. The average Bonchev–Trinajstić information content (AvgIpc) is 3.23. The summed E-state index contributed by atoms with van der Waals surface area (Å²) >= 11 is 0. The summed E-state index contributed by atoms with van der Waals surface area (Å²) in [6.45, 7) is 1.47. The second-order valence-corrected chi connectivity index (χ2v) is 7.80. The van der Waals surface area contributed by atoms with Crippen LogP contribution in [0.15, 0.2) is 59.9 Å². The first-order chi connectivity index (χ1) is 15.5. The highest BCUT2D eigenvalue weighted by Crippen LogP contribution is 2.16. The van der Waals surface area contributed by atoms with E-state index < -0.39 is 0 Å². The zero-order valence-electron chi connectivity index (χ0n) is 17.8. The van der Waals surface area contributed by atoms with Gasteiger partial charge in [0.25, 0.3) is 5.91 Å². The molecule has 0 saturated carbocycles. The highest BCUT2D eigenvalue weighted by atomic mass is 16.2. The number of nitrogens with zero attached hydrogens (tertiary/aromatic N) is 5. The third-order valence-electron chi connectivity index (χ3n) is 5.40. The molecule has 4 rings (SSSR count). The number of hydrogen-bond donors (Lipinski definition) is 2. The first-order valence-electron chi connectivity index (χ1n) is 10.4. The molecule has 1 aromatic carbocycles. The second kappa shape index (κ2) is 9.46. The van der Waals surface area contributed by atoms with Crippen LogP contribution in [0, 0.1) is 0 Å². The van der Waals surface area contributed by atoms with E-state index in [9.17, 15) is 14.4 Å². The van der Waals surface area contributed by atoms with E-state index in [1.54, 1.807) is 35.1 Å². The van der Waals surface area contributed by atoms with Crippen molar-refractivity contribution in [3.63, 3.8) is 0 Å². The number of carbonyl (C=O) groups excluding carboxylic acids is 2. The largest absolute Gasteiger partial charge is 0.349 e. The van der Waals surface area contributed by atoms with E-state index in [1.165, 1.54) is 17.0 Å². The standard InChI is InChI=1S/C22H25N7O3/c1-27-15-17(13-24-27)20(30)25-18-6-10-28(11-7-18)22(32)26-19-5-2-4-16(12-19)14-29-9-3-8-23-21(29)31/h2-5,8-9,12-13,15,18H,6-7,10-11,14H2,1H3,(H,25,30)(H,26,32). The summed E-state index contributed by atoms with van der Waals surface area (Å²) in [6.07, 6.45) is 7.72. The number of nitrogens with one attached hydrogen (secondary N) is 2. The Morgan fingerprint density at radius 3 is 2.72 bits per heavy atom. The van der Waals surface area contributed by atoms with Crippen LogP contribution < -0.4 is 16.3 Å². The van der Waals surface area contributed by atoms with Gasteiger partial charge in [-0.3, -0.25) is 14.0 Å². The first kappa shape index (κ1) is 21.3. The number of likely N-dealkylation sites (tertiary alicyclic amines) is 1. The van der Waals surface area contributed by atoms with Crippen molar-refractivity contribution in [1.82, 2.24) is 29.5 Å². The van der Waals surface area contributed by atoms with Gasteiger partial charge in [0, 0.05) is 50.5 Å². The maximum Gasteiger partial charge on any atom is 0.347 e. The van der Waals surface area contributed by atoms with Crippen LogP contribution in [-0.2, 0) is 13.6 Å². The molecule has 0 bridgehead atoms. The number of anilines is 1. The highest BCUT2D eigenvalue weighted by molar-refractivity contribution is 5.94. The van der Waals surface area contributed by atoms with Crippen LogP contribution in [0.25, 0.3) is 0 Å². The molecule has 1 saturated heterocycles. The number of piperidine rings is 1. The van der Waals surface area contributed by atoms with Gasteiger partial charge < -0.3 is 15.5 Å². The Bertz CT molecular complexity index is 1160. The number of rotatable bonds is 5. The lowest BCUT2D eigenvalue weighted by molar-refractivity contribution is 0.0919. The van der Waals surface area contributed by atoms with Gasteiger partial charge in [-0.1, -0.05) is 12.1 Å². The number of urea groups is 1. The lowest BCUT2D eigenvalue weighted by Crippen LogP contribution is -2.47. The quantitative estimate of drug-likeness (QED) is 0.630. The van der Waals surface area contributed by atoms with Crippen LogP contribution in [0.3, 0.4) is 0 Å². The van der Waals surface area contributed by atoms with Crippen LogP contribution in [0.4, 0.5) is 10.5 Å². The summed E-state index contributed by atoms with van der Waals surface area (Å²) in [7, 11) is 1.77. The molecule has 3 amide bonds. The Labute approximate surface area is 184 Å². The van der Waals surface area contributed by atoms with Crippen molar-refractivity contribution in [2.24, 2.45) is 7.05 Å². The minimum atomic E-state index is -0.319. The monoisotopic (exact) mass is 435 g/mol. The molecular formula is C22H25N7O3. The Kier molecular flexibility index (Phi) is 6.29. The molecule has 10 heteroatoms. The number of amides is 3. The van der Waals surface area contributed by atoms with E-state index in [1.807, 2.05) is 24.3 Å². The van der Waals surface area contributed by atoms with E-state index in [-0.39, 0.29) is 23.7 Å². The third kappa shape index (κ3) is 5.20. The van der Waals surface area contributed by atoms with E-state index in [2.05, 4.69) is 20.7 Å². The number of aromatic nitrogens is 4. The van der Waals surface area contributed by atoms with E-state index in [4.69, 9.17) is 0 Å². The molecule has 2 N–H and O–H groups in total. The van der Waals surface area contributed by atoms with E-state index in [0.29, 0.717) is 43.7 Å². The van der Waals surface area contributed by atoms with Crippen LogP contribution >= 0.6 is 0 Å². The fourth-order valence-electron chi connectivity index (χ4n) is 3.69. The maximum absolute atomic E-state index is 12.7. The fourth-order valence-corrected chi connectivity index (χ4v) is 3.69. The maximum atomic E-state index is 12.7. The Morgan fingerprint density at radius 2 is 2.00 bits per heavy atom. The predicted octanol–water partition coefficient (Wildman–Crippen LogP) is 1.45. The third-order valence-corrected chi connectivity index (χ3v) is 5.40. The van der Waals surface area contributed by atoms with Gasteiger partial charge in [-0.25, -0.2) is 14.6 Å². The van der Waals surface area contributed by atoms with Gasteiger partial charge in [0.2, 0.25) is 0 Å². The van der Waals surface area contributed by atoms with Gasteiger partial charge in [-0.2, -0.15) is 5.10 Å². The molecule has 0 radical (unpaired) electrons.